The Hall–Kier alpha value is -2.58. The van der Waals surface area contributed by atoms with Gasteiger partial charge in [-0.3, -0.25) is 9.69 Å². The first-order chi connectivity index (χ1) is 15.7. The molecular weight excluding hydrogens is 426 g/mol. The third kappa shape index (κ3) is 6.06. The van der Waals surface area contributed by atoms with E-state index < -0.39 is 5.97 Å². The number of nitrogens with zero attached hydrogens (tertiary/aromatic N) is 1. The normalized spacial score (nSPS) is 21.0. The van der Waals surface area contributed by atoms with E-state index in [0.717, 1.165) is 29.8 Å². The molecule has 1 fully saturated rings. The Balaban J connectivity index is 1.50. The lowest BCUT2D eigenvalue weighted by Crippen LogP contribution is -2.46. The largest absolute Gasteiger partial charge is 0.504 e. The zero-order chi connectivity index (χ0) is 24.1. The van der Waals surface area contributed by atoms with Gasteiger partial charge in [0.2, 0.25) is 0 Å². The summed E-state index contributed by atoms with van der Waals surface area (Å²) >= 11 is 0. The Kier molecular flexibility index (Phi) is 8.37. The number of rotatable bonds is 9. The molecule has 3 rings (SSSR count). The summed E-state index contributed by atoms with van der Waals surface area (Å²) < 4.78 is 21.6. The van der Waals surface area contributed by atoms with E-state index in [-0.39, 0.29) is 36.1 Å². The first-order valence-corrected chi connectivity index (χ1v) is 11.5. The zero-order valence-electron chi connectivity index (χ0n) is 20.2. The quantitative estimate of drug-likeness (QED) is 0.442. The maximum atomic E-state index is 12.2. The highest BCUT2D eigenvalue weighted by Crippen LogP contribution is 2.42. The van der Waals surface area contributed by atoms with Crippen LogP contribution in [-0.2, 0) is 32.0 Å². The van der Waals surface area contributed by atoms with E-state index in [9.17, 15) is 14.7 Å². The van der Waals surface area contributed by atoms with E-state index in [1.54, 1.807) is 0 Å². The van der Waals surface area contributed by atoms with Crippen molar-refractivity contribution in [2.45, 2.75) is 65.8 Å². The number of phenols is 1. The molecule has 1 aromatic rings. The van der Waals surface area contributed by atoms with Crippen molar-refractivity contribution in [2.75, 3.05) is 33.4 Å². The third-order valence-corrected chi connectivity index (χ3v) is 6.23. The first kappa shape index (κ1) is 25.1. The van der Waals surface area contributed by atoms with Gasteiger partial charge in [0, 0.05) is 37.2 Å². The van der Waals surface area contributed by atoms with Gasteiger partial charge in [-0.25, -0.2) is 4.79 Å². The lowest BCUT2D eigenvalue weighted by atomic mass is 9.93. The van der Waals surface area contributed by atoms with Gasteiger partial charge in [-0.1, -0.05) is 11.6 Å². The van der Waals surface area contributed by atoms with Gasteiger partial charge in [0.15, 0.2) is 11.5 Å². The number of morpholine rings is 1. The van der Waals surface area contributed by atoms with Gasteiger partial charge in [0.1, 0.15) is 18.8 Å². The zero-order valence-corrected chi connectivity index (χ0v) is 20.2. The van der Waals surface area contributed by atoms with Crippen molar-refractivity contribution in [3.8, 4) is 11.5 Å². The summed E-state index contributed by atoms with van der Waals surface area (Å²) in [5, 5.41) is 10.5. The lowest BCUT2D eigenvalue weighted by Gasteiger charge is -2.35. The van der Waals surface area contributed by atoms with E-state index in [1.807, 2.05) is 19.9 Å². The van der Waals surface area contributed by atoms with Gasteiger partial charge < -0.3 is 24.1 Å². The van der Waals surface area contributed by atoms with Crippen molar-refractivity contribution >= 4 is 11.9 Å². The molecule has 2 aliphatic rings. The Morgan fingerprint density at radius 2 is 1.94 bits per heavy atom. The van der Waals surface area contributed by atoms with Crippen LogP contribution >= 0.6 is 0 Å². The van der Waals surface area contributed by atoms with Gasteiger partial charge in [0.05, 0.1) is 19.3 Å². The van der Waals surface area contributed by atoms with E-state index in [0.29, 0.717) is 43.7 Å². The number of aromatic hydroxyl groups is 1. The van der Waals surface area contributed by atoms with Crippen LogP contribution in [0.4, 0.5) is 0 Å². The van der Waals surface area contributed by atoms with Crippen molar-refractivity contribution in [3.05, 3.63) is 33.9 Å². The predicted octanol–water partition coefficient (Wildman–Crippen LogP) is 3.30. The molecule has 0 saturated carbocycles. The number of benzene rings is 1. The fraction of sp³-hybridized carbons (Fsp3) is 0.600. The van der Waals surface area contributed by atoms with Crippen molar-refractivity contribution in [1.82, 2.24) is 4.90 Å². The monoisotopic (exact) mass is 461 g/mol. The SMILES string of the molecule is COc1c(O)c2c(c(C)c1C/C=C(\C)CCC(=O)OCCN1C[C@@H](C)O[C@@H](C)C1)COC2=O. The number of ether oxygens (including phenoxy) is 4. The molecule has 0 aromatic heterocycles. The van der Waals surface area contributed by atoms with Crippen LogP contribution < -0.4 is 4.74 Å². The molecule has 182 valence electrons. The summed E-state index contributed by atoms with van der Waals surface area (Å²) in [5.74, 6) is -0.621. The van der Waals surface area contributed by atoms with Crippen LogP contribution in [0.2, 0.25) is 0 Å². The predicted molar refractivity (Wildman–Crippen MR) is 123 cm³/mol. The standard InChI is InChI=1S/C25H35NO7/c1-15(7-9-21(27)31-11-10-26-12-16(2)33-17(3)13-26)6-8-19-18(4)20-14-32-25(29)22(20)23(28)24(19)30-5/h6,16-17,28H,7-14H2,1-5H3/b15-6+/t16-,17+. The Labute approximate surface area is 195 Å². The molecule has 0 aliphatic carbocycles. The number of methoxy groups -OCH3 is 1. The van der Waals surface area contributed by atoms with Crippen LogP contribution in [0, 0.1) is 6.92 Å². The third-order valence-electron chi connectivity index (χ3n) is 6.23. The molecule has 0 amide bonds. The number of hydrogen-bond donors (Lipinski definition) is 1. The number of carbonyl (C=O) groups excluding carboxylic acids is 2. The Morgan fingerprint density at radius 3 is 2.61 bits per heavy atom. The minimum atomic E-state index is -0.529. The summed E-state index contributed by atoms with van der Waals surface area (Å²) in [7, 11) is 1.47. The molecule has 1 aromatic carbocycles. The first-order valence-electron chi connectivity index (χ1n) is 11.5. The molecule has 8 heteroatoms. The van der Waals surface area contributed by atoms with E-state index in [1.165, 1.54) is 7.11 Å². The van der Waals surface area contributed by atoms with Crippen molar-refractivity contribution in [1.29, 1.82) is 0 Å². The number of hydrogen-bond acceptors (Lipinski definition) is 8. The smallest absolute Gasteiger partial charge is 0.342 e. The molecule has 2 atom stereocenters. The van der Waals surface area contributed by atoms with Gasteiger partial charge in [-0.05, 0) is 46.1 Å². The Bertz CT molecular complexity index is 914. The average Bonchev–Trinajstić information content (AvgIpc) is 3.15. The summed E-state index contributed by atoms with van der Waals surface area (Å²) in [6.07, 6.45) is 3.81. The topological polar surface area (TPSA) is 94.5 Å². The fourth-order valence-corrected chi connectivity index (χ4v) is 4.52. The molecule has 8 nitrogen and oxygen atoms in total. The van der Waals surface area contributed by atoms with Crippen LogP contribution in [0.15, 0.2) is 11.6 Å². The summed E-state index contributed by atoms with van der Waals surface area (Å²) in [5.41, 5.74) is 3.62. The van der Waals surface area contributed by atoms with Crippen LogP contribution in [0.25, 0.3) is 0 Å². The fourth-order valence-electron chi connectivity index (χ4n) is 4.52. The Morgan fingerprint density at radius 1 is 1.24 bits per heavy atom. The maximum Gasteiger partial charge on any atom is 0.342 e. The van der Waals surface area contributed by atoms with Crippen molar-refractivity contribution < 1.29 is 33.6 Å². The molecule has 1 saturated heterocycles. The molecule has 1 N–H and O–H groups in total. The number of fused-ring (bicyclic) bond motifs is 1. The lowest BCUT2D eigenvalue weighted by molar-refractivity contribution is -0.144. The number of phenolic OH excluding ortho intramolecular Hbond substituents is 1. The molecular formula is C25H35NO7. The minimum absolute atomic E-state index is 0.154. The van der Waals surface area contributed by atoms with E-state index in [2.05, 4.69) is 18.7 Å². The second-order valence-corrected chi connectivity index (χ2v) is 8.91. The van der Waals surface area contributed by atoms with E-state index >= 15 is 0 Å². The van der Waals surface area contributed by atoms with E-state index in [4.69, 9.17) is 18.9 Å². The van der Waals surface area contributed by atoms with Crippen molar-refractivity contribution in [3.63, 3.8) is 0 Å². The van der Waals surface area contributed by atoms with Gasteiger partial charge in [0.25, 0.3) is 0 Å². The average molecular weight is 462 g/mol. The number of cyclic esters (lactones) is 1. The van der Waals surface area contributed by atoms with Crippen LogP contribution in [-0.4, -0.2) is 67.5 Å². The number of carbonyl (C=O) groups is 2. The molecule has 0 unspecified atom stereocenters. The minimum Gasteiger partial charge on any atom is -0.504 e. The highest BCUT2D eigenvalue weighted by Gasteiger charge is 2.32. The summed E-state index contributed by atoms with van der Waals surface area (Å²) in [6.45, 7) is 10.9. The summed E-state index contributed by atoms with van der Waals surface area (Å²) in [4.78, 5) is 26.3. The molecule has 2 heterocycles. The van der Waals surface area contributed by atoms with Crippen LogP contribution in [0.1, 0.15) is 60.7 Å². The van der Waals surface area contributed by atoms with Gasteiger partial charge in [-0.15, -0.1) is 0 Å². The second-order valence-electron chi connectivity index (χ2n) is 8.91. The molecule has 33 heavy (non-hydrogen) atoms. The highest BCUT2D eigenvalue weighted by atomic mass is 16.5. The van der Waals surface area contributed by atoms with Gasteiger partial charge in [-0.2, -0.15) is 0 Å². The highest BCUT2D eigenvalue weighted by molar-refractivity contribution is 5.98. The number of allylic oxidation sites excluding steroid dienone is 2. The summed E-state index contributed by atoms with van der Waals surface area (Å²) in [6, 6.07) is 0. The van der Waals surface area contributed by atoms with Crippen LogP contribution in [0.3, 0.4) is 0 Å². The molecule has 2 aliphatic heterocycles. The van der Waals surface area contributed by atoms with Crippen molar-refractivity contribution in [2.24, 2.45) is 0 Å². The second kappa shape index (κ2) is 11.0. The number of esters is 2. The molecule has 0 radical (unpaired) electrons. The molecule has 0 spiro atoms. The van der Waals surface area contributed by atoms with Gasteiger partial charge >= 0.3 is 11.9 Å². The van der Waals surface area contributed by atoms with Crippen LogP contribution in [0.5, 0.6) is 11.5 Å². The molecule has 0 bridgehead atoms. The maximum absolute atomic E-state index is 12.2.